The zero-order chi connectivity index (χ0) is 17.2. The number of aromatic amines is 1. The molecule has 1 N–H and O–H groups in total. The van der Waals surface area contributed by atoms with Gasteiger partial charge in [0, 0.05) is 23.8 Å². The smallest absolute Gasteiger partial charge is 0.161 e. The summed E-state index contributed by atoms with van der Waals surface area (Å²) in [6.45, 7) is 2.00. The third-order valence-corrected chi connectivity index (χ3v) is 4.97. The molecule has 1 saturated heterocycles. The molecule has 1 aromatic carbocycles. The molecule has 0 spiro atoms. The minimum atomic E-state index is 0.405. The first kappa shape index (κ1) is 16.0. The summed E-state index contributed by atoms with van der Waals surface area (Å²) in [5.74, 6) is 1.55. The van der Waals surface area contributed by atoms with Crippen LogP contribution < -0.4 is 9.47 Å². The summed E-state index contributed by atoms with van der Waals surface area (Å²) < 4.78 is 10.8. The molecular weight excluding hydrogens is 314 g/mol. The number of nitrogens with one attached hydrogen (secondary N) is 1. The van der Waals surface area contributed by atoms with Gasteiger partial charge in [-0.2, -0.15) is 0 Å². The molecule has 5 nitrogen and oxygen atoms in total. The van der Waals surface area contributed by atoms with E-state index in [2.05, 4.69) is 39.1 Å². The molecule has 4 rings (SSSR count). The van der Waals surface area contributed by atoms with Crippen LogP contribution in [0.1, 0.15) is 30.1 Å². The highest BCUT2D eigenvalue weighted by atomic mass is 16.5. The van der Waals surface area contributed by atoms with E-state index in [4.69, 9.17) is 9.47 Å². The molecule has 0 unspecified atom stereocenters. The Morgan fingerprint density at radius 2 is 2.04 bits per heavy atom. The number of ether oxygens (including phenoxy) is 2. The van der Waals surface area contributed by atoms with Crippen molar-refractivity contribution in [3.05, 3.63) is 53.9 Å². The first-order chi connectivity index (χ1) is 12.3. The van der Waals surface area contributed by atoms with Crippen LogP contribution in [0.2, 0.25) is 0 Å². The van der Waals surface area contributed by atoms with E-state index in [0.29, 0.717) is 6.04 Å². The molecule has 3 aromatic rings. The van der Waals surface area contributed by atoms with Crippen LogP contribution in [0, 0.1) is 0 Å². The fourth-order valence-corrected chi connectivity index (χ4v) is 3.74. The predicted molar refractivity (Wildman–Crippen MR) is 98.0 cm³/mol. The summed E-state index contributed by atoms with van der Waals surface area (Å²) in [6, 6.07) is 12.9. The number of likely N-dealkylation sites (tertiary alicyclic amines) is 1. The quantitative estimate of drug-likeness (QED) is 0.767. The van der Waals surface area contributed by atoms with E-state index in [-0.39, 0.29) is 0 Å². The van der Waals surface area contributed by atoms with Crippen molar-refractivity contribution in [3.8, 4) is 11.5 Å². The van der Waals surface area contributed by atoms with Crippen LogP contribution in [0.5, 0.6) is 11.5 Å². The molecule has 2 aromatic heterocycles. The molecule has 130 valence electrons. The van der Waals surface area contributed by atoms with Crippen LogP contribution in [-0.2, 0) is 6.54 Å². The lowest BCUT2D eigenvalue weighted by Gasteiger charge is -2.24. The molecule has 5 heteroatoms. The maximum absolute atomic E-state index is 5.43. The average Bonchev–Trinajstić information content (AvgIpc) is 3.27. The summed E-state index contributed by atoms with van der Waals surface area (Å²) >= 11 is 0. The van der Waals surface area contributed by atoms with E-state index < -0.39 is 0 Å². The van der Waals surface area contributed by atoms with Crippen LogP contribution in [0.25, 0.3) is 11.0 Å². The molecule has 1 aliphatic heterocycles. The van der Waals surface area contributed by atoms with Gasteiger partial charge in [-0.3, -0.25) is 4.90 Å². The highest BCUT2D eigenvalue weighted by Gasteiger charge is 2.27. The summed E-state index contributed by atoms with van der Waals surface area (Å²) in [5.41, 5.74) is 3.46. The number of hydrogen-bond acceptors (Lipinski definition) is 4. The number of H-pyrrole nitrogens is 1. The van der Waals surface area contributed by atoms with Gasteiger partial charge in [0.25, 0.3) is 0 Å². The monoisotopic (exact) mass is 337 g/mol. The van der Waals surface area contributed by atoms with Gasteiger partial charge >= 0.3 is 0 Å². The van der Waals surface area contributed by atoms with E-state index in [1.807, 2.05) is 18.3 Å². The zero-order valence-electron chi connectivity index (χ0n) is 14.7. The Morgan fingerprint density at radius 3 is 2.84 bits per heavy atom. The molecule has 1 aliphatic rings. The van der Waals surface area contributed by atoms with Crippen LogP contribution in [-0.4, -0.2) is 35.6 Å². The molecule has 1 atom stereocenters. The molecule has 0 aliphatic carbocycles. The van der Waals surface area contributed by atoms with Gasteiger partial charge in [-0.25, -0.2) is 4.98 Å². The van der Waals surface area contributed by atoms with Crippen molar-refractivity contribution in [3.63, 3.8) is 0 Å². The van der Waals surface area contributed by atoms with Crippen molar-refractivity contribution >= 4 is 11.0 Å². The Morgan fingerprint density at radius 1 is 1.16 bits per heavy atom. The van der Waals surface area contributed by atoms with Gasteiger partial charge in [0.05, 0.1) is 20.3 Å². The highest BCUT2D eigenvalue weighted by Crippen LogP contribution is 2.35. The molecule has 1 fully saturated rings. The maximum Gasteiger partial charge on any atom is 0.161 e. The Labute approximate surface area is 147 Å². The first-order valence-corrected chi connectivity index (χ1v) is 8.67. The molecule has 3 heterocycles. The van der Waals surface area contributed by atoms with Crippen molar-refractivity contribution in [2.24, 2.45) is 0 Å². The SMILES string of the molecule is COc1ccc(CN2CCC[C@@H]2c2cc3cccnc3[nH]2)cc1OC. The highest BCUT2D eigenvalue weighted by molar-refractivity contribution is 5.76. The van der Waals surface area contributed by atoms with Crippen molar-refractivity contribution in [1.82, 2.24) is 14.9 Å². The second-order valence-electron chi connectivity index (χ2n) is 6.48. The number of nitrogens with zero attached hydrogens (tertiary/aromatic N) is 2. The number of hydrogen-bond donors (Lipinski definition) is 1. The van der Waals surface area contributed by atoms with Gasteiger partial charge in [-0.15, -0.1) is 0 Å². The minimum absolute atomic E-state index is 0.405. The lowest BCUT2D eigenvalue weighted by atomic mass is 10.1. The molecule has 0 radical (unpaired) electrons. The summed E-state index contributed by atoms with van der Waals surface area (Å²) in [7, 11) is 3.34. The third-order valence-electron chi connectivity index (χ3n) is 4.97. The van der Waals surface area contributed by atoms with Gasteiger partial charge in [-0.1, -0.05) is 6.07 Å². The largest absolute Gasteiger partial charge is 0.493 e. The number of methoxy groups -OCH3 is 2. The average molecular weight is 337 g/mol. The Balaban J connectivity index is 1.57. The lowest BCUT2D eigenvalue weighted by Crippen LogP contribution is -2.23. The number of rotatable bonds is 5. The Bertz CT molecular complexity index is 841. The van der Waals surface area contributed by atoms with Crippen molar-refractivity contribution in [2.45, 2.75) is 25.4 Å². The fraction of sp³-hybridized carbons (Fsp3) is 0.350. The van der Waals surface area contributed by atoms with Gasteiger partial charge in [0.2, 0.25) is 0 Å². The summed E-state index contributed by atoms with van der Waals surface area (Å²) in [4.78, 5) is 10.4. The van der Waals surface area contributed by atoms with E-state index >= 15 is 0 Å². The number of fused-ring (bicyclic) bond motifs is 1. The first-order valence-electron chi connectivity index (χ1n) is 8.67. The van der Waals surface area contributed by atoms with E-state index in [9.17, 15) is 0 Å². The topological polar surface area (TPSA) is 50.4 Å². The molecule has 0 amide bonds. The maximum atomic E-state index is 5.43. The van der Waals surface area contributed by atoms with Crippen LogP contribution in [0.4, 0.5) is 0 Å². The summed E-state index contributed by atoms with van der Waals surface area (Å²) in [6.07, 6.45) is 4.21. The van der Waals surface area contributed by atoms with Gasteiger partial charge in [0.1, 0.15) is 5.65 Å². The van der Waals surface area contributed by atoms with Gasteiger partial charge < -0.3 is 14.5 Å². The molecule has 0 bridgehead atoms. The zero-order valence-corrected chi connectivity index (χ0v) is 14.7. The standard InChI is InChI=1S/C20H23N3O2/c1-24-18-8-7-14(11-19(18)25-2)13-23-10-4-6-17(23)16-12-15-5-3-9-21-20(15)22-16/h3,5,7-9,11-12,17H,4,6,10,13H2,1-2H3,(H,21,22)/t17-/m1/s1. The van der Waals surface area contributed by atoms with Crippen molar-refractivity contribution < 1.29 is 9.47 Å². The van der Waals surface area contributed by atoms with Gasteiger partial charge in [-0.05, 0) is 55.3 Å². The number of pyridine rings is 1. The normalized spacial score (nSPS) is 17.9. The Kier molecular flexibility index (Phi) is 4.32. The van der Waals surface area contributed by atoms with Gasteiger partial charge in [0.15, 0.2) is 11.5 Å². The second-order valence-corrected chi connectivity index (χ2v) is 6.48. The van der Waals surface area contributed by atoms with Crippen LogP contribution >= 0.6 is 0 Å². The predicted octanol–water partition coefficient (Wildman–Crippen LogP) is 3.92. The molecule has 25 heavy (non-hydrogen) atoms. The minimum Gasteiger partial charge on any atom is -0.493 e. The molecular formula is C20H23N3O2. The molecule has 0 saturated carbocycles. The van der Waals surface area contributed by atoms with Crippen LogP contribution in [0.3, 0.4) is 0 Å². The Hall–Kier alpha value is -2.53. The third kappa shape index (κ3) is 3.07. The van der Waals surface area contributed by atoms with E-state index in [1.54, 1.807) is 14.2 Å². The fourth-order valence-electron chi connectivity index (χ4n) is 3.74. The van der Waals surface area contributed by atoms with E-state index in [0.717, 1.165) is 30.2 Å². The van der Waals surface area contributed by atoms with Crippen molar-refractivity contribution in [2.75, 3.05) is 20.8 Å². The lowest BCUT2D eigenvalue weighted by molar-refractivity contribution is 0.244. The number of aromatic nitrogens is 2. The number of benzene rings is 1. The summed E-state index contributed by atoms with van der Waals surface area (Å²) in [5, 5.41) is 1.18. The van der Waals surface area contributed by atoms with Crippen molar-refractivity contribution in [1.29, 1.82) is 0 Å². The van der Waals surface area contributed by atoms with E-state index in [1.165, 1.54) is 29.5 Å². The second kappa shape index (κ2) is 6.76. The van der Waals surface area contributed by atoms with Crippen LogP contribution in [0.15, 0.2) is 42.6 Å².